The van der Waals surface area contributed by atoms with E-state index in [9.17, 15) is 32.4 Å². The van der Waals surface area contributed by atoms with Crippen LogP contribution < -0.4 is 21.3 Å². The number of carbonyl (C=O) groups is 5. The van der Waals surface area contributed by atoms with Crippen molar-refractivity contribution in [2.45, 2.75) is 110 Å². The molecule has 0 bridgehead atoms. The number of hydrogen-bond acceptors (Lipinski definition) is 7. The van der Waals surface area contributed by atoms with Gasteiger partial charge in [0.1, 0.15) is 12.1 Å². The molecule has 4 aliphatic rings. The Morgan fingerprint density at radius 2 is 1.63 bits per heavy atom. The van der Waals surface area contributed by atoms with E-state index < -0.39 is 63.2 Å². The van der Waals surface area contributed by atoms with Crippen LogP contribution in [-0.2, 0) is 29.2 Å². The Morgan fingerprint density at radius 3 is 2.20 bits per heavy atom. The maximum Gasteiger partial charge on any atom is 0.315 e. The topological polar surface area (TPSA) is 174 Å². The zero-order valence-corrected chi connectivity index (χ0v) is 29.1. The first-order chi connectivity index (χ1) is 21.6. The molecule has 13 nitrogen and oxygen atoms in total. The van der Waals surface area contributed by atoms with Crippen molar-refractivity contribution in [1.82, 2.24) is 30.5 Å². The van der Waals surface area contributed by atoms with Crippen LogP contribution in [0.5, 0.6) is 0 Å². The van der Waals surface area contributed by atoms with Crippen molar-refractivity contribution in [1.29, 1.82) is 0 Å². The average molecular weight is 667 g/mol. The number of Topliss-reactive ketones (excluding diaryl/α,β-unsaturated/α-hetero) is 1. The number of ketones is 1. The van der Waals surface area contributed by atoms with Gasteiger partial charge < -0.3 is 26.2 Å². The molecule has 4 rings (SSSR count). The van der Waals surface area contributed by atoms with E-state index in [0.29, 0.717) is 32.4 Å². The molecule has 14 heteroatoms. The highest BCUT2D eigenvalue weighted by molar-refractivity contribution is 7.89. The molecule has 260 valence electrons. The number of nitrogens with one attached hydrogen (secondary N) is 4. The van der Waals surface area contributed by atoms with Crippen molar-refractivity contribution in [3.63, 3.8) is 0 Å². The molecular formula is C32H54N6O7S. The lowest BCUT2D eigenvalue weighted by Gasteiger charge is -2.38. The predicted octanol–water partition coefficient (Wildman–Crippen LogP) is 1.38. The number of fused-ring (bicyclic) bond motifs is 1. The van der Waals surface area contributed by atoms with Crippen molar-refractivity contribution < 1.29 is 32.4 Å². The second-order valence-electron chi connectivity index (χ2n) is 14.8. The van der Waals surface area contributed by atoms with Crippen LogP contribution in [0.3, 0.4) is 0 Å². The van der Waals surface area contributed by atoms with Crippen LogP contribution in [-0.4, -0.2) is 104 Å². The van der Waals surface area contributed by atoms with E-state index in [-0.39, 0.29) is 41.9 Å². The average Bonchev–Trinajstić information content (AvgIpc) is 3.29. The smallest absolute Gasteiger partial charge is 0.315 e. The first kappa shape index (κ1) is 36.1. The lowest BCUT2D eigenvalue weighted by Crippen LogP contribution is -2.61. The second kappa shape index (κ2) is 14.6. The third-order valence-electron chi connectivity index (χ3n) is 10.6. The van der Waals surface area contributed by atoms with E-state index in [1.165, 1.54) is 11.4 Å². The molecule has 0 aromatic rings. The summed E-state index contributed by atoms with van der Waals surface area (Å²) in [6.07, 6.45) is 5.86. The SMILES string of the molecule is CCCC(NC(=O)[C@@H]1[C@H]2[C@H](C)[C@H]2CN1C(=O)[C@@H](NC(=O)N[C@H](CN1CCCS1(=O)=O)C(C)(C)C)C1CCCCC1)C(=O)C(=O)NC. The fourth-order valence-corrected chi connectivity index (χ4v) is 9.12. The Labute approximate surface area is 273 Å². The van der Waals surface area contributed by atoms with E-state index in [0.717, 1.165) is 32.1 Å². The standard InChI is InChI=1S/C32H54N6O7S/c1-7-12-22(27(39)29(41)33-6)34-28(40)26-24-19(2)21(24)17-38(26)30(42)25(20-13-9-8-10-14-20)36-31(43)35-23(32(3,4)5)18-37-15-11-16-46(37,44)45/h19-26H,7-18H2,1-6H3,(H,33,41)(H,34,40)(H2,35,36,43)/t19-,21-,22?,23-,24+,25+,26+/m1/s1. The number of nitrogens with zero attached hydrogens (tertiary/aromatic N) is 2. The van der Waals surface area contributed by atoms with Crippen LogP contribution in [0.1, 0.15) is 86.0 Å². The van der Waals surface area contributed by atoms with Gasteiger partial charge >= 0.3 is 6.03 Å². The van der Waals surface area contributed by atoms with Crippen molar-refractivity contribution in [2.24, 2.45) is 29.1 Å². The summed E-state index contributed by atoms with van der Waals surface area (Å²) in [6.45, 7) is 10.7. The van der Waals surface area contributed by atoms with Gasteiger partial charge in [0.15, 0.2) is 0 Å². The molecular weight excluding hydrogens is 612 g/mol. The van der Waals surface area contributed by atoms with Crippen LogP contribution in [0.15, 0.2) is 0 Å². The fourth-order valence-electron chi connectivity index (χ4n) is 7.58. The number of urea groups is 1. The van der Waals surface area contributed by atoms with E-state index in [1.807, 2.05) is 34.6 Å². The quantitative estimate of drug-likeness (QED) is 0.228. The van der Waals surface area contributed by atoms with Crippen molar-refractivity contribution in [2.75, 3.05) is 32.4 Å². The van der Waals surface area contributed by atoms with E-state index >= 15 is 0 Å². The van der Waals surface area contributed by atoms with Crippen molar-refractivity contribution >= 4 is 39.6 Å². The minimum Gasteiger partial charge on any atom is -0.353 e. The first-order valence-electron chi connectivity index (χ1n) is 17.0. The molecule has 0 aromatic heterocycles. The van der Waals surface area contributed by atoms with E-state index in [2.05, 4.69) is 21.3 Å². The number of rotatable bonds is 12. The Balaban J connectivity index is 1.53. The third-order valence-corrected chi connectivity index (χ3v) is 12.5. The van der Waals surface area contributed by atoms with Crippen LogP contribution in [0, 0.1) is 29.1 Å². The zero-order valence-electron chi connectivity index (χ0n) is 28.3. The minimum absolute atomic E-state index is 0.0603. The summed E-state index contributed by atoms with van der Waals surface area (Å²) in [5, 5.41) is 11.1. The largest absolute Gasteiger partial charge is 0.353 e. The molecule has 4 fully saturated rings. The van der Waals surface area contributed by atoms with E-state index in [4.69, 9.17) is 0 Å². The molecule has 0 radical (unpaired) electrons. The lowest BCUT2D eigenvalue weighted by molar-refractivity contribution is -0.144. The molecule has 1 unspecified atom stereocenters. The summed E-state index contributed by atoms with van der Waals surface area (Å²) in [5.41, 5.74) is -0.462. The lowest BCUT2D eigenvalue weighted by atomic mass is 9.83. The summed E-state index contributed by atoms with van der Waals surface area (Å²) in [4.78, 5) is 68.2. The number of likely N-dealkylation sites (tertiary alicyclic amines) is 1. The Bertz CT molecular complexity index is 1280. The van der Waals surface area contributed by atoms with Gasteiger partial charge in [0.05, 0.1) is 11.8 Å². The highest BCUT2D eigenvalue weighted by Gasteiger charge is 2.63. The molecule has 4 N–H and O–H groups in total. The van der Waals surface area contributed by atoms with Crippen LogP contribution >= 0.6 is 0 Å². The molecule has 2 aliphatic carbocycles. The van der Waals surface area contributed by atoms with Gasteiger partial charge in [0, 0.05) is 32.7 Å². The number of likely N-dealkylation sites (N-methyl/N-ethyl adjacent to an activating group) is 1. The number of sulfonamides is 1. The van der Waals surface area contributed by atoms with Gasteiger partial charge in [-0.2, -0.15) is 4.31 Å². The zero-order chi connectivity index (χ0) is 34.0. The number of carbonyl (C=O) groups excluding carboxylic acids is 5. The third kappa shape index (κ3) is 8.03. The Hall–Kier alpha value is -2.74. The molecule has 2 saturated carbocycles. The first-order valence-corrected chi connectivity index (χ1v) is 18.6. The number of piperidine rings is 1. The highest BCUT2D eigenvalue weighted by atomic mass is 32.2. The Morgan fingerprint density at radius 1 is 0.957 bits per heavy atom. The predicted molar refractivity (Wildman–Crippen MR) is 173 cm³/mol. The monoisotopic (exact) mass is 666 g/mol. The molecule has 0 spiro atoms. The fraction of sp³-hybridized carbons (Fsp3) is 0.844. The Kier molecular flexibility index (Phi) is 11.4. The molecule has 2 saturated heterocycles. The van der Waals surface area contributed by atoms with Gasteiger partial charge in [-0.3, -0.25) is 19.2 Å². The minimum atomic E-state index is -3.37. The molecule has 46 heavy (non-hydrogen) atoms. The molecule has 0 aromatic carbocycles. The summed E-state index contributed by atoms with van der Waals surface area (Å²) in [7, 11) is -2.00. The molecule has 5 amide bonds. The molecule has 2 aliphatic heterocycles. The normalized spacial score (nSPS) is 28.0. The van der Waals surface area contributed by atoms with Gasteiger partial charge in [0.25, 0.3) is 5.91 Å². The van der Waals surface area contributed by atoms with Gasteiger partial charge in [-0.15, -0.1) is 0 Å². The van der Waals surface area contributed by atoms with Crippen LogP contribution in [0.4, 0.5) is 4.79 Å². The van der Waals surface area contributed by atoms with Crippen molar-refractivity contribution in [3.05, 3.63) is 0 Å². The maximum atomic E-state index is 14.4. The summed E-state index contributed by atoms with van der Waals surface area (Å²) < 4.78 is 26.5. The summed E-state index contributed by atoms with van der Waals surface area (Å²) >= 11 is 0. The van der Waals surface area contributed by atoms with Gasteiger partial charge in [0.2, 0.25) is 27.6 Å². The molecule has 2 heterocycles. The van der Waals surface area contributed by atoms with Crippen LogP contribution in [0.2, 0.25) is 0 Å². The highest BCUT2D eigenvalue weighted by Crippen LogP contribution is 2.55. The van der Waals surface area contributed by atoms with Crippen molar-refractivity contribution in [3.8, 4) is 0 Å². The summed E-state index contributed by atoms with van der Waals surface area (Å²) in [6, 6.07) is -3.70. The van der Waals surface area contributed by atoms with E-state index in [1.54, 1.807) is 4.90 Å². The van der Waals surface area contributed by atoms with Crippen LogP contribution in [0.25, 0.3) is 0 Å². The summed E-state index contributed by atoms with van der Waals surface area (Å²) in [5.74, 6) is -1.96. The van der Waals surface area contributed by atoms with Gasteiger partial charge in [-0.25, -0.2) is 13.2 Å². The molecule has 7 atom stereocenters. The van der Waals surface area contributed by atoms with Gasteiger partial charge in [-0.05, 0) is 54.8 Å². The second-order valence-corrected chi connectivity index (χ2v) is 16.9. The number of hydrogen-bond donors (Lipinski definition) is 4. The van der Waals surface area contributed by atoms with Gasteiger partial charge in [-0.1, -0.05) is 60.3 Å². The maximum absolute atomic E-state index is 14.4. The number of amides is 5.